The van der Waals surface area contributed by atoms with E-state index in [1.807, 2.05) is 29.7 Å². The van der Waals surface area contributed by atoms with Crippen LogP contribution in [0.1, 0.15) is 23.6 Å². The van der Waals surface area contributed by atoms with Crippen LogP contribution < -0.4 is 10.3 Å². The number of nitrogens with zero attached hydrogens (tertiary/aromatic N) is 2. The summed E-state index contributed by atoms with van der Waals surface area (Å²) in [4.78, 5) is 14.4. The summed E-state index contributed by atoms with van der Waals surface area (Å²) in [5.41, 5.74) is 2.36. The van der Waals surface area contributed by atoms with Crippen LogP contribution in [0.2, 0.25) is 0 Å². The normalized spacial score (nSPS) is 22.6. The van der Waals surface area contributed by atoms with Crippen LogP contribution in [0.5, 0.6) is 5.75 Å². The number of fused-ring (bicyclic) bond motifs is 4. The Morgan fingerprint density at radius 3 is 2.71 bits per heavy atom. The number of hydrogen-bond acceptors (Lipinski definition) is 4. The average Bonchev–Trinajstić information content (AvgIpc) is 2.61. The molecule has 3 atom stereocenters. The molecule has 7 heteroatoms. The molecule has 28 heavy (non-hydrogen) atoms. The van der Waals surface area contributed by atoms with E-state index in [0.29, 0.717) is 24.1 Å². The lowest BCUT2D eigenvalue weighted by atomic mass is 9.83. The molecule has 2 bridgehead atoms. The zero-order valence-corrected chi connectivity index (χ0v) is 18.9. The fraction of sp³-hybridized carbons (Fsp3) is 0.476. The Kier molecular flexibility index (Phi) is 5.97. The van der Waals surface area contributed by atoms with Gasteiger partial charge in [0.15, 0.2) is 0 Å². The predicted molar refractivity (Wildman–Crippen MR) is 116 cm³/mol. The summed E-state index contributed by atoms with van der Waals surface area (Å²) < 4.78 is 9.56. The van der Waals surface area contributed by atoms with Gasteiger partial charge in [-0.25, -0.2) is 0 Å². The van der Waals surface area contributed by atoms with Crippen molar-refractivity contribution in [1.29, 1.82) is 0 Å². The molecule has 150 valence electrons. The number of rotatable bonds is 5. The second-order valence-corrected chi connectivity index (χ2v) is 9.65. The van der Waals surface area contributed by atoms with Crippen molar-refractivity contribution < 1.29 is 9.84 Å². The summed E-state index contributed by atoms with van der Waals surface area (Å²) in [5.74, 6) is 1.53. The first-order valence-electron chi connectivity index (χ1n) is 9.59. The van der Waals surface area contributed by atoms with Gasteiger partial charge in [0.25, 0.3) is 5.56 Å². The van der Waals surface area contributed by atoms with Gasteiger partial charge in [-0.1, -0.05) is 6.07 Å². The molecule has 0 amide bonds. The molecule has 0 saturated carbocycles. The van der Waals surface area contributed by atoms with Crippen molar-refractivity contribution in [3.05, 3.63) is 60.9 Å². The fourth-order valence-corrected chi connectivity index (χ4v) is 6.14. The number of β-amino-alcohol motifs (C(OH)–C–C–N with tert-alkyl or cyclic N) is 1. The topological polar surface area (TPSA) is 54.7 Å². The number of pyridine rings is 1. The van der Waals surface area contributed by atoms with Crippen LogP contribution in [0.15, 0.2) is 44.1 Å². The van der Waals surface area contributed by atoms with Gasteiger partial charge in [-0.05, 0) is 74.9 Å². The molecular weight excluding hydrogens is 488 g/mol. The number of benzene rings is 1. The highest BCUT2D eigenvalue weighted by molar-refractivity contribution is 9.11. The Morgan fingerprint density at radius 2 is 1.96 bits per heavy atom. The van der Waals surface area contributed by atoms with Crippen molar-refractivity contribution in [3.63, 3.8) is 0 Å². The van der Waals surface area contributed by atoms with Gasteiger partial charge < -0.3 is 14.4 Å². The van der Waals surface area contributed by atoms with Crippen LogP contribution >= 0.6 is 31.9 Å². The molecule has 2 aromatic rings. The van der Waals surface area contributed by atoms with Crippen molar-refractivity contribution in [1.82, 2.24) is 9.47 Å². The lowest BCUT2D eigenvalue weighted by Crippen LogP contribution is -2.49. The van der Waals surface area contributed by atoms with Gasteiger partial charge in [0.05, 0.1) is 8.95 Å². The van der Waals surface area contributed by atoms with Crippen LogP contribution in [0.25, 0.3) is 0 Å². The first-order valence-corrected chi connectivity index (χ1v) is 11.2. The zero-order valence-electron chi connectivity index (χ0n) is 15.8. The summed E-state index contributed by atoms with van der Waals surface area (Å²) in [6, 6.07) is 9.56. The maximum absolute atomic E-state index is 12.1. The van der Waals surface area contributed by atoms with Gasteiger partial charge >= 0.3 is 0 Å². The van der Waals surface area contributed by atoms with Crippen molar-refractivity contribution in [2.24, 2.45) is 5.92 Å². The third-order valence-electron chi connectivity index (χ3n) is 5.59. The smallest absolute Gasteiger partial charge is 0.250 e. The van der Waals surface area contributed by atoms with E-state index in [0.717, 1.165) is 46.3 Å². The number of halogens is 2. The molecule has 0 unspecified atom stereocenters. The van der Waals surface area contributed by atoms with E-state index in [9.17, 15) is 9.90 Å². The standard InChI is InChI=1S/C21H24Br2N2O3/c1-13-5-17(22)21(18(23)6-13)28-12-16(26)11-24-8-14-7-15(10-24)19-3-2-4-20(27)25(19)9-14/h2-6,14-16,26H,7-12H2,1H3/t14-,15+,16-/m0/s1. The fourth-order valence-electron chi connectivity index (χ4n) is 4.50. The summed E-state index contributed by atoms with van der Waals surface area (Å²) in [6.45, 7) is 5.39. The highest BCUT2D eigenvalue weighted by Gasteiger charge is 2.34. The molecule has 2 aliphatic rings. The van der Waals surface area contributed by atoms with Crippen LogP contribution in [0.3, 0.4) is 0 Å². The number of ether oxygens (including phenoxy) is 1. The maximum atomic E-state index is 12.1. The molecule has 3 heterocycles. The minimum Gasteiger partial charge on any atom is -0.488 e. The first kappa shape index (κ1) is 20.1. The number of aromatic nitrogens is 1. The van der Waals surface area contributed by atoms with E-state index in [2.05, 4.69) is 42.8 Å². The molecule has 1 N–H and O–H groups in total. The summed E-state index contributed by atoms with van der Waals surface area (Å²) >= 11 is 7.05. The number of hydrogen-bond donors (Lipinski definition) is 1. The van der Waals surface area contributed by atoms with E-state index >= 15 is 0 Å². The molecule has 2 aliphatic heterocycles. The molecule has 1 aromatic heterocycles. The lowest BCUT2D eigenvalue weighted by molar-refractivity contribution is 0.0381. The lowest BCUT2D eigenvalue weighted by Gasteiger charge is -2.43. The molecule has 4 rings (SSSR count). The minimum absolute atomic E-state index is 0.100. The van der Waals surface area contributed by atoms with Gasteiger partial charge in [0.1, 0.15) is 18.5 Å². The van der Waals surface area contributed by atoms with Gasteiger partial charge in [0.2, 0.25) is 0 Å². The third kappa shape index (κ3) is 4.22. The summed E-state index contributed by atoms with van der Waals surface area (Å²) in [6.07, 6.45) is 0.549. The van der Waals surface area contributed by atoms with E-state index in [4.69, 9.17) is 4.74 Å². The zero-order chi connectivity index (χ0) is 19.8. The molecular formula is C21H24Br2N2O3. The summed E-state index contributed by atoms with van der Waals surface area (Å²) in [5, 5.41) is 10.5. The molecule has 0 spiro atoms. The Hall–Kier alpha value is -1.15. The quantitative estimate of drug-likeness (QED) is 0.667. The predicted octanol–water partition coefficient (Wildman–Crippen LogP) is 3.54. The Bertz CT molecular complexity index is 907. The highest BCUT2D eigenvalue weighted by atomic mass is 79.9. The Balaban J connectivity index is 1.37. The maximum Gasteiger partial charge on any atom is 0.250 e. The van der Waals surface area contributed by atoms with Gasteiger partial charge in [0, 0.05) is 43.9 Å². The van der Waals surface area contributed by atoms with Gasteiger partial charge in [-0.15, -0.1) is 0 Å². The number of piperidine rings is 1. The molecule has 0 aliphatic carbocycles. The monoisotopic (exact) mass is 510 g/mol. The largest absolute Gasteiger partial charge is 0.488 e. The number of aliphatic hydroxyl groups is 1. The molecule has 1 aromatic carbocycles. The molecule has 1 saturated heterocycles. The number of aliphatic hydroxyl groups excluding tert-OH is 1. The second-order valence-electron chi connectivity index (χ2n) is 7.94. The van der Waals surface area contributed by atoms with Crippen LogP contribution in [-0.4, -0.2) is 46.9 Å². The third-order valence-corrected chi connectivity index (χ3v) is 6.77. The summed E-state index contributed by atoms with van der Waals surface area (Å²) in [7, 11) is 0. The molecule has 0 radical (unpaired) electrons. The van der Waals surface area contributed by atoms with E-state index in [1.54, 1.807) is 6.07 Å². The molecule has 1 fully saturated rings. The van der Waals surface area contributed by atoms with Crippen molar-refractivity contribution >= 4 is 31.9 Å². The Labute approximate surface area is 181 Å². The van der Waals surface area contributed by atoms with Crippen LogP contribution in [0.4, 0.5) is 0 Å². The van der Waals surface area contributed by atoms with E-state index in [-0.39, 0.29) is 12.2 Å². The van der Waals surface area contributed by atoms with E-state index in [1.165, 1.54) is 0 Å². The number of likely N-dealkylation sites (tertiary alicyclic amines) is 1. The highest BCUT2D eigenvalue weighted by Crippen LogP contribution is 2.36. The first-order chi connectivity index (χ1) is 13.4. The van der Waals surface area contributed by atoms with Gasteiger partial charge in [-0.2, -0.15) is 0 Å². The van der Waals surface area contributed by atoms with Gasteiger partial charge in [-0.3, -0.25) is 9.69 Å². The van der Waals surface area contributed by atoms with Crippen LogP contribution in [0, 0.1) is 12.8 Å². The average molecular weight is 512 g/mol. The van der Waals surface area contributed by atoms with Crippen LogP contribution in [-0.2, 0) is 6.54 Å². The number of aryl methyl sites for hydroxylation is 1. The second kappa shape index (κ2) is 8.30. The SMILES string of the molecule is Cc1cc(Br)c(OC[C@@H](O)CN2C[C@@H]3C[C@H](C2)c2cccc(=O)n2C3)c(Br)c1. The Morgan fingerprint density at radius 1 is 1.21 bits per heavy atom. The molecule has 5 nitrogen and oxygen atoms in total. The van der Waals surface area contributed by atoms with Crippen molar-refractivity contribution in [2.45, 2.75) is 31.9 Å². The minimum atomic E-state index is -0.572. The van der Waals surface area contributed by atoms with Crippen molar-refractivity contribution in [2.75, 3.05) is 26.2 Å². The van der Waals surface area contributed by atoms with Crippen molar-refractivity contribution in [3.8, 4) is 5.75 Å². The van der Waals surface area contributed by atoms with E-state index < -0.39 is 6.10 Å².